The minimum Gasteiger partial charge on any atom is -0.457 e. The fourth-order valence-corrected chi connectivity index (χ4v) is 6.79. The Bertz CT molecular complexity index is 1270. The fraction of sp³-hybridized carbons (Fsp3) is 0.545. The Balaban J connectivity index is 1.23. The number of carbonyl (C=O) groups excluding carboxylic acids is 2. The number of sulfone groups is 1. The summed E-state index contributed by atoms with van der Waals surface area (Å²) in [5.74, 6) is -0.347. The summed E-state index contributed by atoms with van der Waals surface area (Å²) in [4.78, 5) is 28.8. The van der Waals surface area contributed by atoms with E-state index in [1.165, 1.54) is 0 Å². The molecule has 1 N–H and O–H groups in total. The van der Waals surface area contributed by atoms with Gasteiger partial charge in [-0.15, -0.1) is 10.2 Å². The quantitative estimate of drug-likeness (QED) is 0.473. The number of hydrogen-bond donors (Lipinski definition) is 1. The van der Waals surface area contributed by atoms with Crippen LogP contribution in [-0.4, -0.2) is 72.9 Å². The molecule has 182 valence electrons. The Morgan fingerprint density at radius 3 is 2.56 bits per heavy atom. The number of aliphatic hydroxyl groups is 1. The fourth-order valence-electron chi connectivity index (χ4n) is 5.16. The average Bonchev–Trinajstić information content (AvgIpc) is 3.49. The van der Waals surface area contributed by atoms with Crippen LogP contribution in [0.1, 0.15) is 52.4 Å². The van der Waals surface area contributed by atoms with Gasteiger partial charge in [0.2, 0.25) is 25.2 Å². The first-order valence-electron chi connectivity index (χ1n) is 11.1. The third kappa shape index (κ3) is 3.92. The van der Waals surface area contributed by atoms with Crippen LogP contribution < -0.4 is 4.90 Å². The van der Waals surface area contributed by atoms with Crippen molar-refractivity contribution in [2.45, 2.75) is 43.2 Å². The van der Waals surface area contributed by atoms with Gasteiger partial charge < -0.3 is 14.7 Å². The highest BCUT2D eigenvalue weighted by Crippen LogP contribution is 2.44. The van der Waals surface area contributed by atoms with Crippen LogP contribution in [0.2, 0.25) is 0 Å². The molecule has 2 aromatic rings. The van der Waals surface area contributed by atoms with Gasteiger partial charge in [-0.1, -0.05) is 17.4 Å². The number of likely N-dealkylation sites (tertiary alicyclic amines) is 1. The van der Waals surface area contributed by atoms with Crippen molar-refractivity contribution in [3.63, 3.8) is 0 Å². The minimum absolute atomic E-state index is 0.0250. The lowest BCUT2D eigenvalue weighted by Gasteiger charge is -2.38. The maximum Gasteiger partial charge on any atom is 0.338 e. The number of ether oxygens (including phenoxy) is 1. The van der Waals surface area contributed by atoms with E-state index in [9.17, 15) is 23.1 Å². The Hall–Kier alpha value is -2.41. The molecule has 0 unspecified atom stereocenters. The van der Waals surface area contributed by atoms with Gasteiger partial charge in [0, 0.05) is 24.9 Å². The third-order valence-electron chi connectivity index (χ3n) is 7.27. The monoisotopic (exact) mass is 506 g/mol. The Morgan fingerprint density at radius 2 is 1.88 bits per heavy atom. The predicted molar refractivity (Wildman–Crippen MR) is 123 cm³/mol. The molecule has 34 heavy (non-hydrogen) atoms. The van der Waals surface area contributed by atoms with Crippen molar-refractivity contribution in [2.75, 3.05) is 37.3 Å². The molecule has 3 aliphatic rings. The second-order valence-corrected chi connectivity index (χ2v) is 12.5. The maximum atomic E-state index is 13.3. The molecule has 5 rings (SSSR count). The van der Waals surface area contributed by atoms with Crippen LogP contribution in [0.3, 0.4) is 0 Å². The van der Waals surface area contributed by atoms with Crippen LogP contribution in [0.4, 0.5) is 5.13 Å². The van der Waals surface area contributed by atoms with E-state index in [-0.39, 0.29) is 22.8 Å². The molecular formula is C22H26N4O6S2. The summed E-state index contributed by atoms with van der Waals surface area (Å²) in [6.07, 6.45) is 2.39. The summed E-state index contributed by atoms with van der Waals surface area (Å²) < 4.78 is 28.4. The molecule has 0 radical (unpaired) electrons. The van der Waals surface area contributed by atoms with Gasteiger partial charge in [-0.25, -0.2) is 13.2 Å². The number of anilines is 1. The summed E-state index contributed by atoms with van der Waals surface area (Å²) in [6.45, 7) is 4.43. The molecule has 1 amide bonds. The Morgan fingerprint density at radius 1 is 1.18 bits per heavy atom. The second kappa shape index (κ2) is 8.36. The SMILES string of the molecule is Cc1c([C@@H](O)CN2CCC3(CC2)CCN(c2nnc(S(C)(=O)=O)s2)C3=O)ccc2c1COC2=O. The maximum absolute atomic E-state index is 13.3. The van der Waals surface area contributed by atoms with E-state index in [0.717, 1.165) is 34.3 Å². The molecule has 1 aromatic carbocycles. The van der Waals surface area contributed by atoms with Gasteiger partial charge in [0.25, 0.3) is 0 Å². The standard InChI is InChI=1S/C22H26N4O6S2/c1-13-14(3-4-15-16(13)12-32-18(15)28)17(27)11-25-8-5-22(6-9-25)7-10-26(19(22)29)20-23-24-21(33-20)34(2,30)31/h3-4,17,27H,5-12H2,1-2H3/t17-/m0/s1. The molecule has 1 aromatic heterocycles. The summed E-state index contributed by atoms with van der Waals surface area (Å²) in [5, 5.41) is 18.9. The Labute approximate surface area is 201 Å². The average molecular weight is 507 g/mol. The zero-order valence-electron chi connectivity index (χ0n) is 19.0. The summed E-state index contributed by atoms with van der Waals surface area (Å²) in [6, 6.07) is 3.51. The number of piperidine rings is 1. The van der Waals surface area contributed by atoms with Crippen LogP contribution >= 0.6 is 11.3 Å². The van der Waals surface area contributed by atoms with Gasteiger partial charge in [0.05, 0.1) is 17.1 Å². The van der Waals surface area contributed by atoms with Crippen molar-refractivity contribution in [3.8, 4) is 0 Å². The lowest BCUT2D eigenvalue weighted by Crippen LogP contribution is -2.45. The third-order valence-corrected chi connectivity index (χ3v) is 9.88. The van der Waals surface area contributed by atoms with Crippen LogP contribution in [0.5, 0.6) is 0 Å². The number of esters is 1. The molecule has 0 saturated carbocycles. The van der Waals surface area contributed by atoms with Gasteiger partial charge in [0.15, 0.2) is 0 Å². The molecule has 12 heteroatoms. The van der Waals surface area contributed by atoms with Crippen molar-refractivity contribution in [3.05, 3.63) is 34.4 Å². The first kappa shape index (κ1) is 23.3. The molecule has 2 saturated heterocycles. The van der Waals surface area contributed by atoms with E-state index < -0.39 is 21.4 Å². The molecular weight excluding hydrogens is 480 g/mol. The summed E-state index contributed by atoms with van der Waals surface area (Å²) >= 11 is 0.926. The molecule has 4 heterocycles. The number of rotatable bonds is 5. The first-order valence-corrected chi connectivity index (χ1v) is 13.9. The van der Waals surface area contributed by atoms with Gasteiger partial charge in [0.1, 0.15) is 6.61 Å². The number of carbonyl (C=O) groups is 2. The van der Waals surface area contributed by atoms with E-state index >= 15 is 0 Å². The van der Waals surface area contributed by atoms with Crippen molar-refractivity contribution >= 4 is 38.2 Å². The molecule has 3 aliphatic heterocycles. The number of nitrogens with zero attached hydrogens (tertiary/aromatic N) is 4. The van der Waals surface area contributed by atoms with Crippen LogP contribution in [-0.2, 0) is 26.0 Å². The Kier molecular flexibility index (Phi) is 5.74. The first-order chi connectivity index (χ1) is 16.1. The number of aromatic nitrogens is 2. The summed E-state index contributed by atoms with van der Waals surface area (Å²) in [7, 11) is -3.46. The lowest BCUT2D eigenvalue weighted by molar-refractivity contribution is -0.128. The molecule has 2 fully saturated rings. The molecule has 1 atom stereocenters. The number of β-amino-alcohol motifs (C(OH)–C–C–N with tert-alkyl or cyclic N) is 1. The molecule has 1 spiro atoms. The predicted octanol–water partition coefficient (Wildman–Crippen LogP) is 1.47. The zero-order chi connectivity index (χ0) is 24.3. The number of cyclic esters (lactones) is 1. The van der Waals surface area contributed by atoms with Crippen molar-refractivity contribution in [2.24, 2.45) is 5.41 Å². The molecule has 0 bridgehead atoms. The lowest BCUT2D eigenvalue weighted by atomic mass is 9.77. The normalized spacial score (nSPS) is 21.2. The van der Waals surface area contributed by atoms with E-state index in [1.54, 1.807) is 17.0 Å². The van der Waals surface area contributed by atoms with Crippen molar-refractivity contribution < 1.29 is 27.9 Å². The number of benzene rings is 1. The highest BCUT2D eigenvalue weighted by molar-refractivity contribution is 7.92. The van der Waals surface area contributed by atoms with E-state index in [4.69, 9.17) is 4.74 Å². The number of aliphatic hydroxyl groups excluding tert-OH is 1. The largest absolute Gasteiger partial charge is 0.457 e. The molecule has 0 aliphatic carbocycles. The summed E-state index contributed by atoms with van der Waals surface area (Å²) in [5.41, 5.74) is 2.60. The number of fused-ring (bicyclic) bond motifs is 1. The number of amides is 1. The highest BCUT2D eigenvalue weighted by atomic mass is 32.2. The van der Waals surface area contributed by atoms with Crippen molar-refractivity contribution in [1.82, 2.24) is 15.1 Å². The van der Waals surface area contributed by atoms with Crippen molar-refractivity contribution in [1.29, 1.82) is 0 Å². The zero-order valence-corrected chi connectivity index (χ0v) is 20.6. The smallest absolute Gasteiger partial charge is 0.338 e. The van der Waals surface area contributed by atoms with Crippen LogP contribution in [0.15, 0.2) is 16.5 Å². The van der Waals surface area contributed by atoms with Gasteiger partial charge in [-0.3, -0.25) is 9.69 Å². The minimum atomic E-state index is -3.46. The second-order valence-electron chi connectivity index (χ2n) is 9.31. The van der Waals surface area contributed by atoms with E-state index in [1.807, 2.05) is 6.92 Å². The van der Waals surface area contributed by atoms with E-state index in [2.05, 4.69) is 15.1 Å². The van der Waals surface area contributed by atoms with Crippen LogP contribution in [0.25, 0.3) is 0 Å². The highest BCUT2D eigenvalue weighted by Gasteiger charge is 2.49. The van der Waals surface area contributed by atoms with E-state index in [0.29, 0.717) is 56.1 Å². The van der Waals surface area contributed by atoms with Crippen LogP contribution in [0, 0.1) is 12.3 Å². The van der Waals surface area contributed by atoms with Gasteiger partial charge >= 0.3 is 5.97 Å². The molecule has 10 nitrogen and oxygen atoms in total. The number of hydrogen-bond acceptors (Lipinski definition) is 10. The van der Waals surface area contributed by atoms with Gasteiger partial charge in [-0.05, 0) is 56.5 Å². The topological polar surface area (TPSA) is 130 Å². The van der Waals surface area contributed by atoms with Gasteiger partial charge in [-0.2, -0.15) is 0 Å².